The summed E-state index contributed by atoms with van der Waals surface area (Å²) in [5.41, 5.74) is 14.9. The normalized spacial score (nSPS) is 11.3. The minimum Gasteiger partial charge on any atom is -0.0622 e. The van der Waals surface area contributed by atoms with Gasteiger partial charge >= 0.3 is 0 Å². The maximum atomic E-state index is 2.41. The molecular formula is C46H34. The van der Waals surface area contributed by atoms with E-state index in [4.69, 9.17) is 0 Å². The average molecular weight is 587 g/mol. The quantitative estimate of drug-likeness (QED) is 0.188. The fourth-order valence-electron chi connectivity index (χ4n) is 6.95. The van der Waals surface area contributed by atoms with Crippen LogP contribution in [0.3, 0.4) is 0 Å². The van der Waals surface area contributed by atoms with Gasteiger partial charge in [0.05, 0.1) is 0 Å². The van der Waals surface area contributed by atoms with Crippen molar-refractivity contribution in [3.8, 4) is 55.6 Å². The summed E-state index contributed by atoms with van der Waals surface area (Å²) in [5, 5.41) is 5.05. The Morgan fingerprint density at radius 3 is 1.04 bits per heavy atom. The van der Waals surface area contributed by atoms with Gasteiger partial charge in [-0.3, -0.25) is 0 Å². The molecule has 0 amide bonds. The predicted molar refractivity (Wildman–Crippen MR) is 198 cm³/mol. The summed E-state index contributed by atoms with van der Waals surface area (Å²) in [6.45, 7) is 4.35. The Hall–Kier alpha value is -5.72. The van der Waals surface area contributed by atoms with Crippen molar-refractivity contribution in [2.45, 2.75) is 13.8 Å². The molecule has 8 aromatic carbocycles. The average Bonchev–Trinajstić information content (AvgIpc) is 3.11. The smallest absolute Gasteiger partial charge is 0.00930 e. The molecule has 0 atom stereocenters. The standard InChI is InChI=1S/C46H34/c1-31-13-9-19-35(25-31)43-27-37(29-45-39(21-11-23-41(43)45)33-15-5-3-6-16-33)38-28-44(36-20-10-14-32(2)26-36)42-24-12-22-40(46(42)30-38)34-17-7-4-8-18-34/h3-30H,1-2H3. The van der Waals surface area contributed by atoms with E-state index in [1.165, 1.54) is 88.3 Å². The number of rotatable bonds is 5. The van der Waals surface area contributed by atoms with E-state index in [1.807, 2.05) is 0 Å². The van der Waals surface area contributed by atoms with Crippen molar-refractivity contribution >= 4 is 21.5 Å². The molecule has 0 nitrogen and oxygen atoms in total. The molecule has 0 aromatic heterocycles. The Morgan fingerprint density at radius 1 is 0.239 bits per heavy atom. The number of aryl methyl sites for hydroxylation is 2. The molecule has 0 saturated heterocycles. The number of hydrogen-bond donors (Lipinski definition) is 0. The lowest BCUT2D eigenvalue weighted by atomic mass is 9.86. The first-order chi connectivity index (χ1) is 22.6. The lowest BCUT2D eigenvalue weighted by Crippen LogP contribution is -1.91. The van der Waals surface area contributed by atoms with Crippen LogP contribution in [0.5, 0.6) is 0 Å². The van der Waals surface area contributed by atoms with Crippen LogP contribution in [0.25, 0.3) is 77.2 Å². The molecule has 0 heteroatoms. The van der Waals surface area contributed by atoms with Crippen molar-refractivity contribution in [2.24, 2.45) is 0 Å². The van der Waals surface area contributed by atoms with Crippen LogP contribution >= 0.6 is 0 Å². The van der Waals surface area contributed by atoms with Gasteiger partial charge in [-0.2, -0.15) is 0 Å². The van der Waals surface area contributed by atoms with E-state index in [1.54, 1.807) is 0 Å². The molecular weight excluding hydrogens is 553 g/mol. The van der Waals surface area contributed by atoms with Crippen molar-refractivity contribution in [3.05, 3.63) is 181 Å². The Kier molecular flexibility index (Phi) is 7.04. The first kappa shape index (κ1) is 27.8. The molecule has 0 saturated carbocycles. The zero-order chi connectivity index (χ0) is 31.0. The van der Waals surface area contributed by atoms with E-state index >= 15 is 0 Å². The summed E-state index contributed by atoms with van der Waals surface area (Å²) in [4.78, 5) is 0. The summed E-state index contributed by atoms with van der Waals surface area (Å²) < 4.78 is 0. The molecule has 8 rings (SSSR count). The van der Waals surface area contributed by atoms with Crippen molar-refractivity contribution in [3.63, 3.8) is 0 Å². The van der Waals surface area contributed by atoms with Gasteiger partial charge < -0.3 is 0 Å². The van der Waals surface area contributed by atoms with Gasteiger partial charge in [0.15, 0.2) is 0 Å². The zero-order valence-corrected chi connectivity index (χ0v) is 26.2. The highest BCUT2D eigenvalue weighted by atomic mass is 14.2. The van der Waals surface area contributed by atoms with Crippen LogP contribution in [0.4, 0.5) is 0 Å². The summed E-state index contributed by atoms with van der Waals surface area (Å²) in [6.07, 6.45) is 0. The molecule has 0 aliphatic rings. The topological polar surface area (TPSA) is 0 Å². The Labute approximate surface area is 271 Å². The van der Waals surface area contributed by atoms with Crippen LogP contribution in [0.2, 0.25) is 0 Å². The molecule has 0 bridgehead atoms. The molecule has 0 unspecified atom stereocenters. The third-order valence-electron chi connectivity index (χ3n) is 9.15. The molecule has 218 valence electrons. The van der Waals surface area contributed by atoms with Crippen LogP contribution in [-0.4, -0.2) is 0 Å². The van der Waals surface area contributed by atoms with Gasteiger partial charge in [0.2, 0.25) is 0 Å². The molecule has 0 spiro atoms. The minimum atomic E-state index is 1.21. The fraction of sp³-hybridized carbons (Fsp3) is 0.0435. The third kappa shape index (κ3) is 5.09. The maximum Gasteiger partial charge on any atom is -0.00930 e. The summed E-state index contributed by atoms with van der Waals surface area (Å²) in [6, 6.07) is 62.4. The second kappa shape index (κ2) is 11.7. The second-order valence-corrected chi connectivity index (χ2v) is 12.3. The highest BCUT2D eigenvalue weighted by molar-refractivity contribution is 6.10. The highest BCUT2D eigenvalue weighted by Crippen LogP contribution is 2.43. The third-order valence-corrected chi connectivity index (χ3v) is 9.15. The Bertz CT molecular complexity index is 2190. The van der Waals surface area contributed by atoms with E-state index in [0.717, 1.165) is 0 Å². The van der Waals surface area contributed by atoms with Crippen LogP contribution in [0.1, 0.15) is 11.1 Å². The number of benzene rings is 8. The summed E-state index contributed by atoms with van der Waals surface area (Å²) in [7, 11) is 0. The van der Waals surface area contributed by atoms with Gasteiger partial charge in [-0.05, 0) is 115 Å². The van der Waals surface area contributed by atoms with E-state index in [9.17, 15) is 0 Å². The molecule has 0 radical (unpaired) electrons. The minimum absolute atomic E-state index is 1.21. The van der Waals surface area contributed by atoms with Crippen molar-refractivity contribution < 1.29 is 0 Å². The van der Waals surface area contributed by atoms with Gasteiger partial charge in [-0.25, -0.2) is 0 Å². The Morgan fingerprint density at radius 2 is 0.630 bits per heavy atom. The molecule has 0 fully saturated rings. The predicted octanol–water partition coefficient (Wildman–Crippen LogP) is 12.9. The molecule has 0 aliphatic carbocycles. The van der Waals surface area contributed by atoms with Gasteiger partial charge in [0, 0.05) is 0 Å². The summed E-state index contributed by atoms with van der Waals surface area (Å²) in [5.74, 6) is 0. The van der Waals surface area contributed by atoms with Crippen LogP contribution in [0, 0.1) is 13.8 Å². The largest absolute Gasteiger partial charge is 0.0622 e. The Balaban J connectivity index is 1.47. The zero-order valence-electron chi connectivity index (χ0n) is 26.2. The monoisotopic (exact) mass is 586 g/mol. The fourth-order valence-corrected chi connectivity index (χ4v) is 6.95. The van der Waals surface area contributed by atoms with Gasteiger partial charge in [0.1, 0.15) is 0 Å². The number of hydrogen-bond acceptors (Lipinski definition) is 0. The van der Waals surface area contributed by atoms with Crippen LogP contribution < -0.4 is 0 Å². The molecule has 0 heterocycles. The van der Waals surface area contributed by atoms with E-state index < -0.39 is 0 Å². The van der Waals surface area contributed by atoms with Gasteiger partial charge in [0.25, 0.3) is 0 Å². The van der Waals surface area contributed by atoms with Crippen LogP contribution in [-0.2, 0) is 0 Å². The first-order valence-corrected chi connectivity index (χ1v) is 16.0. The van der Waals surface area contributed by atoms with Gasteiger partial charge in [-0.1, -0.05) is 157 Å². The lowest BCUT2D eigenvalue weighted by Gasteiger charge is -2.18. The van der Waals surface area contributed by atoms with Crippen molar-refractivity contribution in [1.82, 2.24) is 0 Å². The SMILES string of the molecule is Cc1cccc(-c2cc(-c3cc(-c4cccc(C)c4)c4cccc(-c5ccccc5)c4c3)cc3c(-c4ccccc4)cccc23)c1. The van der Waals surface area contributed by atoms with E-state index in [2.05, 4.69) is 184 Å². The molecule has 0 aliphatic heterocycles. The number of fused-ring (bicyclic) bond motifs is 2. The maximum absolute atomic E-state index is 2.41. The molecule has 0 N–H and O–H groups in total. The highest BCUT2D eigenvalue weighted by Gasteiger charge is 2.16. The first-order valence-electron chi connectivity index (χ1n) is 16.0. The van der Waals surface area contributed by atoms with Crippen molar-refractivity contribution in [1.29, 1.82) is 0 Å². The van der Waals surface area contributed by atoms with E-state index in [0.29, 0.717) is 0 Å². The van der Waals surface area contributed by atoms with E-state index in [-0.39, 0.29) is 0 Å². The second-order valence-electron chi connectivity index (χ2n) is 12.3. The van der Waals surface area contributed by atoms with Crippen molar-refractivity contribution in [2.75, 3.05) is 0 Å². The van der Waals surface area contributed by atoms with Crippen LogP contribution in [0.15, 0.2) is 170 Å². The lowest BCUT2D eigenvalue weighted by molar-refractivity contribution is 1.47. The van der Waals surface area contributed by atoms with Gasteiger partial charge in [-0.15, -0.1) is 0 Å². The molecule has 8 aromatic rings. The summed E-state index contributed by atoms with van der Waals surface area (Å²) >= 11 is 0. The molecule has 46 heavy (non-hydrogen) atoms.